The SMILES string of the molecule is C=CCc1cc(Bc2ccc(CCCC(C)(C)C)c(CC=C)c2)ccc1C. The Balaban J connectivity index is 2.16. The Morgan fingerprint density at radius 2 is 1.44 bits per heavy atom. The summed E-state index contributed by atoms with van der Waals surface area (Å²) < 4.78 is 0. The van der Waals surface area contributed by atoms with Crippen molar-refractivity contribution < 1.29 is 0 Å². The third kappa shape index (κ3) is 6.90. The van der Waals surface area contributed by atoms with Crippen LogP contribution in [0.3, 0.4) is 0 Å². The molecule has 27 heavy (non-hydrogen) atoms. The van der Waals surface area contributed by atoms with Crippen LogP contribution in [0.25, 0.3) is 0 Å². The monoisotopic (exact) mass is 358 g/mol. The highest BCUT2D eigenvalue weighted by Gasteiger charge is 2.11. The highest BCUT2D eigenvalue weighted by Crippen LogP contribution is 2.23. The summed E-state index contributed by atoms with van der Waals surface area (Å²) in [4.78, 5) is 0. The molecule has 0 bridgehead atoms. The van der Waals surface area contributed by atoms with Gasteiger partial charge in [-0.2, -0.15) is 0 Å². The molecule has 2 aromatic carbocycles. The van der Waals surface area contributed by atoms with Crippen LogP contribution in [0, 0.1) is 12.3 Å². The molecule has 0 saturated carbocycles. The molecule has 0 spiro atoms. The van der Waals surface area contributed by atoms with Crippen molar-refractivity contribution in [1.29, 1.82) is 0 Å². The first kappa shape index (κ1) is 21.3. The number of hydrogen-bond donors (Lipinski definition) is 0. The molecule has 1 heteroatoms. The smallest absolute Gasteiger partial charge is 0.103 e. The van der Waals surface area contributed by atoms with Crippen LogP contribution in [-0.4, -0.2) is 7.28 Å². The lowest BCUT2D eigenvalue weighted by atomic mass is 9.63. The zero-order valence-corrected chi connectivity index (χ0v) is 17.8. The second kappa shape index (κ2) is 9.79. The first-order chi connectivity index (χ1) is 12.8. The summed E-state index contributed by atoms with van der Waals surface area (Å²) in [6.07, 6.45) is 9.58. The van der Waals surface area contributed by atoms with Gasteiger partial charge in [-0.1, -0.05) is 80.2 Å². The molecule has 0 aliphatic heterocycles. The minimum atomic E-state index is 0.410. The van der Waals surface area contributed by atoms with E-state index in [1.165, 1.54) is 46.0 Å². The summed E-state index contributed by atoms with van der Waals surface area (Å²) in [5, 5.41) is 0. The molecule has 0 aromatic heterocycles. The summed E-state index contributed by atoms with van der Waals surface area (Å²) in [6, 6.07) is 13.9. The van der Waals surface area contributed by atoms with Crippen molar-refractivity contribution in [2.45, 2.75) is 59.8 Å². The number of hydrogen-bond acceptors (Lipinski definition) is 0. The summed E-state index contributed by atoms with van der Waals surface area (Å²) in [6.45, 7) is 17.0. The third-order valence-electron chi connectivity index (χ3n) is 5.19. The summed E-state index contributed by atoms with van der Waals surface area (Å²) in [7, 11) is 0.983. The number of aryl methyl sites for hydroxylation is 2. The van der Waals surface area contributed by atoms with Gasteiger partial charge in [0.15, 0.2) is 7.28 Å². The molecule has 0 aliphatic rings. The van der Waals surface area contributed by atoms with Crippen LogP contribution in [0.4, 0.5) is 0 Å². The van der Waals surface area contributed by atoms with E-state index in [-0.39, 0.29) is 0 Å². The average molecular weight is 358 g/mol. The molecule has 0 fully saturated rings. The van der Waals surface area contributed by atoms with Gasteiger partial charge in [0.2, 0.25) is 0 Å². The Bertz CT molecular complexity index is 777. The van der Waals surface area contributed by atoms with Crippen LogP contribution in [0.5, 0.6) is 0 Å². The first-order valence-corrected chi connectivity index (χ1v) is 10.2. The van der Waals surface area contributed by atoms with Crippen LogP contribution in [0.15, 0.2) is 61.7 Å². The molecule has 0 amide bonds. The van der Waals surface area contributed by atoms with Crippen molar-refractivity contribution in [3.8, 4) is 0 Å². The van der Waals surface area contributed by atoms with E-state index in [4.69, 9.17) is 0 Å². The van der Waals surface area contributed by atoms with E-state index >= 15 is 0 Å². The van der Waals surface area contributed by atoms with Crippen LogP contribution in [-0.2, 0) is 19.3 Å². The fourth-order valence-electron chi connectivity index (χ4n) is 3.63. The van der Waals surface area contributed by atoms with E-state index < -0.39 is 0 Å². The summed E-state index contributed by atoms with van der Waals surface area (Å²) in [5.41, 5.74) is 8.83. The lowest BCUT2D eigenvalue weighted by Crippen LogP contribution is -2.28. The molecule has 0 unspecified atom stereocenters. The van der Waals surface area contributed by atoms with Crippen LogP contribution >= 0.6 is 0 Å². The Hall–Kier alpha value is -2.02. The van der Waals surface area contributed by atoms with Gasteiger partial charge < -0.3 is 0 Å². The Kier molecular flexibility index (Phi) is 7.71. The maximum absolute atomic E-state index is 3.96. The summed E-state index contributed by atoms with van der Waals surface area (Å²) in [5.74, 6) is 0. The minimum Gasteiger partial charge on any atom is -0.103 e. The molecule has 0 saturated heterocycles. The fraction of sp³-hybridized carbons (Fsp3) is 0.385. The molecule has 142 valence electrons. The second-order valence-corrected chi connectivity index (χ2v) is 8.94. The molecular weight excluding hydrogens is 323 g/mol. The Morgan fingerprint density at radius 3 is 2.07 bits per heavy atom. The molecule has 0 aliphatic carbocycles. The van der Waals surface area contributed by atoms with Crippen LogP contribution < -0.4 is 10.9 Å². The van der Waals surface area contributed by atoms with Gasteiger partial charge in [0.05, 0.1) is 0 Å². The van der Waals surface area contributed by atoms with E-state index in [2.05, 4.69) is 77.3 Å². The zero-order chi connectivity index (χ0) is 19.9. The van der Waals surface area contributed by atoms with Crippen molar-refractivity contribution in [1.82, 2.24) is 0 Å². The molecule has 0 heterocycles. The molecule has 0 nitrogen and oxygen atoms in total. The van der Waals surface area contributed by atoms with Gasteiger partial charge >= 0.3 is 0 Å². The first-order valence-electron chi connectivity index (χ1n) is 10.2. The van der Waals surface area contributed by atoms with Crippen molar-refractivity contribution in [2.24, 2.45) is 5.41 Å². The van der Waals surface area contributed by atoms with Crippen molar-refractivity contribution in [3.05, 3.63) is 84.0 Å². The van der Waals surface area contributed by atoms with Gasteiger partial charge in [0.25, 0.3) is 0 Å². The number of allylic oxidation sites excluding steroid dienone is 2. The van der Waals surface area contributed by atoms with Gasteiger partial charge in [-0.25, -0.2) is 0 Å². The van der Waals surface area contributed by atoms with Gasteiger partial charge in [-0.3, -0.25) is 0 Å². The van der Waals surface area contributed by atoms with Crippen molar-refractivity contribution >= 4 is 18.2 Å². The van der Waals surface area contributed by atoms with Crippen LogP contribution in [0.1, 0.15) is 55.9 Å². The largest absolute Gasteiger partial charge is 0.192 e. The third-order valence-corrected chi connectivity index (χ3v) is 5.19. The van der Waals surface area contributed by atoms with Crippen molar-refractivity contribution in [3.63, 3.8) is 0 Å². The maximum Gasteiger partial charge on any atom is 0.192 e. The predicted octanol–water partition coefficient (Wildman–Crippen LogP) is 5.21. The molecule has 0 atom stereocenters. The number of benzene rings is 2. The lowest BCUT2D eigenvalue weighted by Gasteiger charge is -2.18. The van der Waals surface area contributed by atoms with E-state index in [1.54, 1.807) is 0 Å². The molecule has 0 N–H and O–H groups in total. The molecule has 2 aromatic rings. The van der Waals surface area contributed by atoms with Crippen LogP contribution in [0.2, 0.25) is 0 Å². The zero-order valence-electron chi connectivity index (χ0n) is 17.8. The van der Waals surface area contributed by atoms with Gasteiger partial charge in [0.1, 0.15) is 0 Å². The molecular formula is C26H35B. The topological polar surface area (TPSA) is 0 Å². The maximum atomic E-state index is 3.96. The van der Waals surface area contributed by atoms with E-state index in [1.807, 2.05) is 12.2 Å². The Morgan fingerprint density at radius 1 is 0.852 bits per heavy atom. The van der Waals surface area contributed by atoms with Gasteiger partial charge in [-0.15, -0.1) is 13.2 Å². The highest BCUT2D eigenvalue weighted by atomic mass is 14.2. The normalized spacial score (nSPS) is 11.3. The minimum absolute atomic E-state index is 0.410. The molecule has 0 radical (unpaired) electrons. The van der Waals surface area contributed by atoms with E-state index in [0.717, 1.165) is 26.5 Å². The van der Waals surface area contributed by atoms with Gasteiger partial charge in [-0.05, 0) is 66.7 Å². The summed E-state index contributed by atoms with van der Waals surface area (Å²) >= 11 is 0. The second-order valence-electron chi connectivity index (χ2n) is 8.94. The van der Waals surface area contributed by atoms with E-state index in [9.17, 15) is 0 Å². The van der Waals surface area contributed by atoms with Crippen molar-refractivity contribution in [2.75, 3.05) is 0 Å². The lowest BCUT2D eigenvalue weighted by molar-refractivity contribution is 0.365. The quantitative estimate of drug-likeness (QED) is 0.426. The predicted molar refractivity (Wildman–Crippen MR) is 124 cm³/mol. The highest BCUT2D eigenvalue weighted by molar-refractivity contribution is 6.67. The number of rotatable bonds is 9. The average Bonchev–Trinajstić information content (AvgIpc) is 2.59. The standard InChI is InChI=1S/C26H35B/c1-7-10-22-18-24(15-13-20(22)3)27-25-16-14-21(23(19-25)11-8-2)12-9-17-26(4,5)6/h7-8,13-16,18-19,27H,1-2,9-12,17H2,3-6H3. The van der Waals surface area contributed by atoms with Gasteiger partial charge in [0, 0.05) is 0 Å². The van der Waals surface area contributed by atoms with E-state index in [0.29, 0.717) is 5.41 Å². The fourth-order valence-corrected chi connectivity index (χ4v) is 3.63. The molecule has 2 rings (SSSR count). The Labute approximate surface area is 167 Å².